The Morgan fingerprint density at radius 1 is 1.38 bits per heavy atom. The highest BCUT2D eigenvalue weighted by Gasteiger charge is 2.03. The van der Waals surface area contributed by atoms with Crippen LogP contribution in [0.3, 0.4) is 0 Å². The van der Waals surface area contributed by atoms with Crippen molar-refractivity contribution >= 4 is 16.9 Å². The van der Waals surface area contributed by atoms with Gasteiger partial charge in [-0.05, 0) is 30.2 Å². The molecule has 2 aromatic rings. The molecule has 0 fully saturated rings. The van der Waals surface area contributed by atoms with Gasteiger partial charge in [-0.2, -0.15) is 0 Å². The van der Waals surface area contributed by atoms with E-state index in [0.717, 1.165) is 22.9 Å². The van der Waals surface area contributed by atoms with Crippen LogP contribution in [0.2, 0.25) is 0 Å². The van der Waals surface area contributed by atoms with E-state index in [-0.39, 0.29) is 11.8 Å². The highest BCUT2D eigenvalue weighted by atomic mass is 19.1. The molecule has 0 radical (unpaired) electrons. The van der Waals surface area contributed by atoms with Crippen LogP contribution < -0.4 is 11.5 Å². The first kappa shape index (κ1) is 10.5. The smallest absolute Gasteiger partial charge is 0.185 e. The minimum absolute atomic E-state index is 0.0888. The molecule has 0 amide bonds. The molecular weight excluding hydrogens is 207 g/mol. The van der Waals surface area contributed by atoms with Crippen LogP contribution in [0.25, 0.3) is 10.9 Å². The number of fused-ring (bicyclic) bond motifs is 1. The van der Waals surface area contributed by atoms with Gasteiger partial charge in [0.15, 0.2) is 5.96 Å². The van der Waals surface area contributed by atoms with Crippen molar-refractivity contribution in [3.63, 3.8) is 0 Å². The molecule has 0 aliphatic carbocycles. The van der Waals surface area contributed by atoms with E-state index in [4.69, 9.17) is 11.5 Å². The number of H-pyrrole nitrogens is 1. The van der Waals surface area contributed by atoms with Gasteiger partial charge in [0.2, 0.25) is 0 Å². The third-order valence-corrected chi connectivity index (χ3v) is 2.40. The summed E-state index contributed by atoms with van der Waals surface area (Å²) in [6.45, 7) is 0.534. The number of nitrogens with two attached hydrogens (primary N) is 2. The van der Waals surface area contributed by atoms with Crippen molar-refractivity contribution in [2.45, 2.75) is 6.42 Å². The number of aliphatic imine (C=N–C) groups is 1. The number of guanidine groups is 1. The molecule has 0 saturated carbocycles. The van der Waals surface area contributed by atoms with E-state index in [9.17, 15) is 4.39 Å². The topological polar surface area (TPSA) is 80.2 Å². The maximum Gasteiger partial charge on any atom is 0.185 e. The maximum atomic E-state index is 12.9. The van der Waals surface area contributed by atoms with Gasteiger partial charge in [0, 0.05) is 23.6 Å². The fourth-order valence-corrected chi connectivity index (χ4v) is 1.67. The normalized spacial score (nSPS) is 10.6. The minimum Gasteiger partial charge on any atom is -0.370 e. The van der Waals surface area contributed by atoms with Gasteiger partial charge in [-0.25, -0.2) is 4.39 Å². The van der Waals surface area contributed by atoms with Crippen molar-refractivity contribution < 1.29 is 4.39 Å². The molecule has 5 heteroatoms. The lowest BCUT2D eigenvalue weighted by Crippen LogP contribution is -2.23. The van der Waals surface area contributed by atoms with Crippen LogP contribution >= 0.6 is 0 Å². The summed E-state index contributed by atoms with van der Waals surface area (Å²) in [6.07, 6.45) is 2.58. The number of benzene rings is 1. The number of nitrogens with zero attached hydrogens (tertiary/aromatic N) is 1. The summed E-state index contributed by atoms with van der Waals surface area (Å²) in [6, 6.07) is 4.67. The number of hydrogen-bond acceptors (Lipinski definition) is 1. The molecule has 0 atom stereocenters. The zero-order valence-corrected chi connectivity index (χ0v) is 8.70. The van der Waals surface area contributed by atoms with Gasteiger partial charge < -0.3 is 16.5 Å². The summed E-state index contributed by atoms with van der Waals surface area (Å²) in [5.74, 6) is -0.156. The first-order chi connectivity index (χ1) is 7.66. The van der Waals surface area contributed by atoms with Crippen molar-refractivity contribution in [1.82, 2.24) is 4.98 Å². The highest BCUT2D eigenvalue weighted by Crippen LogP contribution is 2.19. The lowest BCUT2D eigenvalue weighted by Gasteiger charge is -1.96. The Hall–Kier alpha value is -2.04. The first-order valence-electron chi connectivity index (χ1n) is 4.98. The fraction of sp³-hybridized carbons (Fsp3) is 0.182. The third-order valence-electron chi connectivity index (χ3n) is 2.40. The Bertz CT molecular complexity index is 526. The van der Waals surface area contributed by atoms with E-state index in [1.54, 1.807) is 6.07 Å². The van der Waals surface area contributed by atoms with E-state index in [1.165, 1.54) is 12.1 Å². The third kappa shape index (κ3) is 2.13. The number of nitrogens with one attached hydrogen (secondary N) is 1. The Morgan fingerprint density at radius 2 is 2.19 bits per heavy atom. The van der Waals surface area contributed by atoms with Crippen LogP contribution in [-0.4, -0.2) is 17.5 Å². The number of hydrogen-bond donors (Lipinski definition) is 3. The summed E-state index contributed by atoms with van der Waals surface area (Å²) in [4.78, 5) is 6.92. The average molecular weight is 220 g/mol. The van der Waals surface area contributed by atoms with Crippen LogP contribution in [0.1, 0.15) is 5.56 Å². The predicted molar refractivity (Wildman–Crippen MR) is 62.6 cm³/mol. The molecule has 0 aliphatic heterocycles. The summed E-state index contributed by atoms with van der Waals surface area (Å²) in [7, 11) is 0. The van der Waals surface area contributed by atoms with Gasteiger partial charge in [-0.3, -0.25) is 4.99 Å². The quantitative estimate of drug-likeness (QED) is 0.535. The van der Waals surface area contributed by atoms with Crippen molar-refractivity contribution in [3.05, 3.63) is 35.8 Å². The molecule has 0 aliphatic rings. The highest BCUT2D eigenvalue weighted by molar-refractivity contribution is 5.83. The second-order valence-corrected chi connectivity index (χ2v) is 3.56. The van der Waals surface area contributed by atoms with E-state index in [1.807, 2.05) is 6.20 Å². The molecule has 0 bridgehead atoms. The van der Waals surface area contributed by atoms with Gasteiger partial charge in [-0.1, -0.05) is 0 Å². The van der Waals surface area contributed by atoms with Crippen molar-refractivity contribution in [2.24, 2.45) is 16.5 Å². The summed E-state index contributed by atoms with van der Waals surface area (Å²) in [5, 5.41) is 1.01. The van der Waals surface area contributed by atoms with Gasteiger partial charge in [0.05, 0.1) is 0 Å². The summed E-state index contributed by atoms with van der Waals surface area (Å²) in [5.41, 5.74) is 12.3. The average Bonchev–Trinajstić information content (AvgIpc) is 2.60. The number of rotatable bonds is 3. The standard InChI is InChI=1S/C11H13FN4/c12-8-1-2-9-7(3-4-15-11(13)14)6-16-10(9)5-8/h1-2,5-6,16H,3-4H2,(H4,13,14,15). The maximum absolute atomic E-state index is 12.9. The Morgan fingerprint density at radius 3 is 2.94 bits per heavy atom. The van der Waals surface area contributed by atoms with Crippen LogP contribution in [-0.2, 0) is 6.42 Å². The molecule has 1 heterocycles. The molecule has 1 aromatic carbocycles. The largest absolute Gasteiger partial charge is 0.370 e. The number of aromatic amines is 1. The molecule has 2 rings (SSSR count). The van der Waals surface area contributed by atoms with Gasteiger partial charge in [0.25, 0.3) is 0 Å². The Balaban J connectivity index is 2.22. The minimum atomic E-state index is -0.245. The summed E-state index contributed by atoms with van der Waals surface area (Å²) >= 11 is 0. The molecule has 16 heavy (non-hydrogen) atoms. The first-order valence-corrected chi connectivity index (χ1v) is 4.98. The predicted octanol–water partition coefficient (Wildman–Crippen LogP) is 1.12. The SMILES string of the molecule is NC(N)=NCCc1c[nH]c2cc(F)ccc12. The van der Waals surface area contributed by atoms with Gasteiger partial charge in [-0.15, -0.1) is 0 Å². The monoisotopic (exact) mass is 220 g/mol. The van der Waals surface area contributed by atoms with Gasteiger partial charge in [0.1, 0.15) is 5.82 Å². The molecule has 1 aromatic heterocycles. The van der Waals surface area contributed by atoms with Crippen LogP contribution in [0.15, 0.2) is 29.4 Å². The lowest BCUT2D eigenvalue weighted by molar-refractivity contribution is 0.629. The van der Waals surface area contributed by atoms with E-state index >= 15 is 0 Å². The fourth-order valence-electron chi connectivity index (χ4n) is 1.67. The van der Waals surface area contributed by atoms with E-state index in [2.05, 4.69) is 9.98 Å². The van der Waals surface area contributed by atoms with Crippen molar-refractivity contribution in [2.75, 3.05) is 6.54 Å². The van der Waals surface area contributed by atoms with E-state index in [0.29, 0.717) is 6.54 Å². The van der Waals surface area contributed by atoms with Crippen LogP contribution in [0, 0.1) is 5.82 Å². The van der Waals surface area contributed by atoms with Crippen molar-refractivity contribution in [1.29, 1.82) is 0 Å². The molecule has 84 valence electrons. The molecule has 0 saturated heterocycles. The Labute approximate surface area is 92.2 Å². The lowest BCUT2D eigenvalue weighted by atomic mass is 10.1. The summed E-state index contributed by atoms with van der Waals surface area (Å²) < 4.78 is 12.9. The molecule has 4 nitrogen and oxygen atoms in total. The van der Waals surface area contributed by atoms with Crippen LogP contribution in [0.5, 0.6) is 0 Å². The Kier molecular flexibility index (Phi) is 2.76. The number of halogens is 1. The zero-order valence-electron chi connectivity index (χ0n) is 8.70. The number of aromatic nitrogens is 1. The van der Waals surface area contributed by atoms with Crippen molar-refractivity contribution in [3.8, 4) is 0 Å². The molecule has 0 unspecified atom stereocenters. The van der Waals surface area contributed by atoms with Crippen LogP contribution in [0.4, 0.5) is 4.39 Å². The molecular formula is C11H13FN4. The molecule has 0 spiro atoms. The van der Waals surface area contributed by atoms with E-state index < -0.39 is 0 Å². The molecule has 5 N–H and O–H groups in total. The second-order valence-electron chi connectivity index (χ2n) is 3.56. The second kappa shape index (κ2) is 4.22. The van der Waals surface area contributed by atoms with Gasteiger partial charge >= 0.3 is 0 Å². The zero-order chi connectivity index (χ0) is 11.5.